The van der Waals surface area contributed by atoms with Gasteiger partial charge in [-0.1, -0.05) is 6.42 Å². The molecule has 0 aliphatic heterocycles. The molecule has 4 atom stereocenters. The number of nitrogens with zero attached hydrogens (tertiary/aromatic N) is 2. The van der Waals surface area contributed by atoms with Crippen LogP contribution < -0.4 is 10.9 Å². The number of anilines is 1. The fraction of sp³-hybridized carbons (Fsp3) is 0.733. The molecule has 0 spiro atoms. The van der Waals surface area contributed by atoms with Gasteiger partial charge >= 0.3 is 0 Å². The maximum absolute atomic E-state index is 12.1. The van der Waals surface area contributed by atoms with Gasteiger partial charge in [-0.3, -0.25) is 4.79 Å². The van der Waals surface area contributed by atoms with Crippen LogP contribution in [-0.2, 0) is 6.54 Å². The summed E-state index contributed by atoms with van der Waals surface area (Å²) in [6, 6.07) is 0.403. The minimum atomic E-state index is -0.0577. The Balaban J connectivity index is 1.75. The highest BCUT2D eigenvalue weighted by molar-refractivity contribution is 9.10. The van der Waals surface area contributed by atoms with Crippen molar-refractivity contribution in [2.24, 2.45) is 17.8 Å². The van der Waals surface area contributed by atoms with Gasteiger partial charge in [0.1, 0.15) is 4.47 Å². The molecule has 3 rings (SSSR count). The van der Waals surface area contributed by atoms with E-state index in [0.717, 1.165) is 23.4 Å². The summed E-state index contributed by atoms with van der Waals surface area (Å²) in [5.41, 5.74) is 0.771. The minimum Gasteiger partial charge on any atom is -0.380 e. The molecule has 2 fully saturated rings. The van der Waals surface area contributed by atoms with Gasteiger partial charge in [-0.05, 0) is 66.8 Å². The molecule has 1 N–H and O–H groups in total. The fourth-order valence-corrected chi connectivity index (χ4v) is 4.47. The average Bonchev–Trinajstić information content (AvgIpc) is 3.06. The van der Waals surface area contributed by atoms with Crippen LogP contribution in [-0.4, -0.2) is 15.8 Å². The van der Waals surface area contributed by atoms with Gasteiger partial charge in [0.2, 0.25) is 0 Å². The van der Waals surface area contributed by atoms with Crippen LogP contribution in [0.3, 0.4) is 0 Å². The Morgan fingerprint density at radius 1 is 1.50 bits per heavy atom. The highest BCUT2D eigenvalue weighted by atomic mass is 79.9. The molecule has 0 radical (unpaired) electrons. The number of rotatable bonds is 4. The zero-order valence-electron chi connectivity index (χ0n) is 12.1. The van der Waals surface area contributed by atoms with Crippen molar-refractivity contribution in [1.82, 2.24) is 9.78 Å². The van der Waals surface area contributed by atoms with Gasteiger partial charge in [0.05, 0.1) is 11.9 Å². The molecular formula is C15H22BrN3O. The van der Waals surface area contributed by atoms with Crippen molar-refractivity contribution in [2.45, 2.75) is 52.1 Å². The molecule has 2 aliphatic rings. The van der Waals surface area contributed by atoms with E-state index in [0.29, 0.717) is 17.1 Å². The van der Waals surface area contributed by atoms with Crippen LogP contribution >= 0.6 is 15.9 Å². The summed E-state index contributed by atoms with van der Waals surface area (Å²) in [5.74, 6) is 2.57. The van der Waals surface area contributed by atoms with Crippen LogP contribution in [0, 0.1) is 17.8 Å². The summed E-state index contributed by atoms with van der Waals surface area (Å²) in [6.07, 6.45) is 7.33. The number of hydrogen-bond donors (Lipinski definition) is 1. The van der Waals surface area contributed by atoms with Gasteiger partial charge < -0.3 is 5.32 Å². The third kappa shape index (κ3) is 2.41. The lowest BCUT2D eigenvalue weighted by atomic mass is 9.84. The normalized spacial score (nSPS) is 29.6. The van der Waals surface area contributed by atoms with Crippen LogP contribution in [0.1, 0.15) is 39.5 Å². The molecule has 2 bridgehead atoms. The van der Waals surface area contributed by atoms with E-state index in [1.54, 1.807) is 6.20 Å². The zero-order chi connectivity index (χ0) is 14.3. The lowest BCUT2D eigenvalue weighted by Crippen LogP contribution is -2.31. The predicted octanol–water partition coefficient (Wildman–Crippen LogP) is 3.26. The standard InChI is InChI=1S/C15H22BrN3O/c1-3-19-15(20)14(16)13(8-17-19)18-9(2)12-7-10-4-5-11(12)6-10/h8-12,18H,3-7H2,1-2H3. The van der Waals surface area contributed by atoms with Gasteiger partial charge in [0.15, 0.2) is 0 Å². The van der Waals surface area contributed by atoms with Crippen LogP contribution in [0.4, 0.5) is 5.69 Å². The Morgan fingerprint density at radius 3 is 2.90 bits per heavy atom. The molecule has 5 heteroatoms. The molecule has 1 aromatic heterocycles. The van der Waals surface area contributed by atoms with Gasteiger partial charge in [-0.2, -0.15) is 5.10 Å². The van der Waals surface area contributed by atoms with Crippen molar-refractivity contribution in [3.63, 3.8) is 0 Å². The van der Waals surface area contributed by atoms with Crippen molar-refractivity contribution < 1.29 is 0 Å². The van der Waals surface area contributed by atoms with Crippen molar-refractivity contribution >= 4 is 21.6 Å². The molecule has 20 heavy (non-hydrogen) atoms. The lowest BCUT2D eigenvalue weighted by molar-refractivity contribution is 0.304. The zero-order valence-corrected chi connectivity index (χ0v) is 13.7. The first-order valence-electron chi connectivity index (χ1n) is 7.62. The third-order valence-electron chi connectivity index (χ3n) is 5.10. The molecule has 4 nitrogen and oxygen atoms in total. The third-order valence-corrected chi connectivity index (χ3v) is 5.87. The van der Waals surface area contributed by atoms with Crippen LogP contribution in [0.5, 0.6) is 0 Å². The first kappa shape index (κ1) is 14.1. The molecular weight excluding hydrogens is 318 g/mol. The molecule has 2 aliphatic carbocycles. The number of aromatic nitrogens is 2. The highest BCUT2D eigenvalue weighted by Gasteiger charge is 2.41. The Morgan fingerprint density at radius 2 is 2.30 bits per heavy atom. The second-order valence-corrected chi connectivity index (χ2v) is 7.06. The van der Waals surface area contributed by atoms with Gasteiger partial charge in [-0.15, -0.1) is 0 Å². The summed E-state index contributed by atoms with van der Waals surface area (Å²) in [7, 11) is 0. The first-order valence-corrected chi connectivity index (χ1v) is 8.41. The van der Waals surface area contributed by atoms with Crippen LogP contribution in [0.25, 0.3) is 0 Å². The van der Waals surface area contributed by atoms with Crippen molar-refractivity contribution in [3.05, 3.63) is 21.0 Å². The van der Waals surface area contributed by atoms with E-state index in [2.05, 4.69) is 33.3 Å². The van der Waals surface area contributed by atoms with E-state index in [9.17, 15) is 4.79 Å². The largest absolute Gasteiger partial charge is 0.380 e. The van der Waals surface area contributed by atoms with E-state index in [1.807, 2.05) is 6.92 Å². The highest BCUT2D eigenvalue weighted by Crippen LogP contribution is 2.49. The van der Waals surface area contributed by atoms with Gasteiger partial charge in [0.25, 0.3) is 5.56 Å². The van der Waals surface area contributed by atoms with Crippen molar-refractivity contribution in [2.75, 3.05) is 5.32 Å². The molecule has 1 aromatic rings. The molecule has 0 aromatic carbocycles. The maximum atomic E-state index is 12.1. The second kappa shape index (κ2) is 5.51. The number of fused-ring (bicyclic) bond motifs is 2. The average molecular weight is 340 g/mol. The first-order chi connectivity index (χ1) is 9.60. The summed E-state index contributed by atoms with van der Waals surface area (Å²) in [6.45, 7) is 4.76. The number of nitrogens with one attached hydrogen (secondary N) is 1. The lowest BCUT2D eigenvalue weighted by Gasteiger charge is -2.29. The molecule has 1 heterocycles. The van der Waals surface area contributed by atoms with Crippen LogP contribution in [0.2, 0.25) is 0 Å². The number of aryl methyl sites for hydroxylation is 1. The Labute approximate surface area is 128 Å². The Hall–Kier alpha value is -0.840. The molecule has 4 unspecified atom stereocenters. The summed E-state index contributed by atoms with van der Waals surface area (Å²) in [5, 5.41) is 7.70. The monoisotopic (exact) mass is 339 g/mol. The molecule has 0 saturated heterocycles. The van der Waals surface area contributed by atoms with E-state index >= 15 is 0 Å². The smallest absolute Gasteiger partial charge is 0.283 e. The van der Waals surface area contributed by atoms with Crippen LogP contribution in [0.15, 0.2) is 15.5 Å². The van der Waals surface area contributed by atoms with E-state index in [4.69, 9.17) is 0 Å². The SMILES string of the molecule is CCn1ncc(NC(C)C2CC3CCC2C3)c(Br)c1=O. The summed E-state index contributed by atoms with van der Waals surface area (Å²) in [4.78, 5) is 12.1. The topological polar surface area (TPSA) is 46.9 Å². The second-order valence-electron chi connectivity index (χ2n) is 6.26. The Bertz CT molecular complexity index is 557. The molecule has 110 valence electrons. The molecule has 2 saturated carbocycles. The van der Waals surface area contributed by atoms with E-state index < -0.39 is 0 Å². The maximum Gasteiger partial charge on any atom is 0.283 e. The van der Waals surface area contributed by atoms with Gasteiger partial charge in [-0.25, -0.2) is 4.68 Å². The predicted molar refractivity (Wildman–Crippen MR) is 83.9 cm³/mol. The minimum absolute atomic E-state index is 0.0577. The van der Waals surface area contributed by atoms with Gasteiger partial charge in [0, 0.05) is 12.6 Å². The summed E-state index contributed by atoms with van der Waals surface area (Å²) >= 11 is 3.41. The van der Waals surface area contributed by atoms with Crippen molar-refractivity contribution in [3.8, 4) is 0 Å². The summed E-state index contributed by atoms with van der Waals surface area (Å²) < 4.78 is 2.07. The van der Waals surface area contributed by atoms with E-state index in [1.165, 1.54) is 30.4 Å². The fourth-order valence-electron chi connectivity index (χ4n) is 4.05. The number of hydrogen-bond acceptors (Lipinski definition) is 3. The quantitative estimate of drug-likeness (QED) is 0.915. The Kier molecular flexibility index (Phi) is 3.89. The van der Waals surface area contributed by atoms with Crippen molar-refractivity contribution in [1.29, 1.82) is 0 Å². The number of halogens is 1. The molecule has 0 amide bonds. The van der Waals surface area contributed by atoms with E-state index in [-0.39, 0.29) is 5.56 Å².